The smallest absolute Gasteiger partial charge is 0.264 e. The normalized spacial score (nSPS) is 11.0. The topological polar surface area (TPSA) is 84.9 Å². The van der Waals surface area contributed by atoms with Crippen LogP contribution in [0.5, 0.6) is 11.5 Å². The Bertz CT molecular complexity index is 1490. The van der Waals surface area contributed by atoms with Crippen molar-refractivity contribution in [2.75, 3.05) is 23.3 Å². The fourth-order valence-corrected chi connectivity index (χ4v) is 5.26. The molecular formula is C30H30N2O5S. The van der Waals surface area contributed by atoms with Gasteiger partial charge in [-0.3, -0.25) is 9.10 Å². The molecule has 0 saturated carbocycles. The maximum atomic E-state index is 13.7. The van der Waals surface area contributed by atoms with Crippen LogP contribution in [0.1, 0.15) is 16.7 Å². The molecule has 0 unspecified atom stereocenters. The molecule has 0 aliphatic heterocycles. The van der Waals surface area contributed by atoms with Crippen LogP contribution >= 0.6 is 0 Å². The standard InChI is InChI=1S/C30H30N2O5S/c1-22-9-16-27(17-10-22)38(34,35)32(28-19-23(2)11-18-29(28)36-3)20-30(33)31-25-12-14-26(15-13-25)37-21-24-7-5-4-6-8-24/h4-19H,20-21H2,1-3H3,(H,31,33). The molecule has 0 spiro atoms. The zero-order valence-corrected chi connectivity index (χ0v) is 22.4. The van der Waals surface area contributed by atoms with Crippen molar-refractivity contribution in [3.8, 4) is 11.5 Å². The van der Waals surface area contributed by atoms with Crippen molar-refractivity contribution in [1.29, 1.82) is 0 Å². The molecule has 0 atom stereocenters. The molecule has 4 rings (SSSR count). The van der Waals surface area contributed by atoms with Gasteiger partial charge in [0.05, 0.1) is 17.7 Å². The van der Waals surface area contributed by atoms with E-state index in [0.29, 0.717) is 23.8 Å². The summed E-state index contributed by atoms with van der Waals surface area (Å²) in [6, 6.07) is 28.5. The van der Waals surface area contributed by atoms with Crippen molar-refractivity contribution in [1.82, 2.24) is 0 Å². The molecule has 0 aliphatic carbocycles. The zero-order valence-electron chi connectivity index (χ0n) is 21.5. The Morgan fingerprint density at radius 1 is 0.842 bits per heavy atom. The summed E-state index contributed by atoms with van der Waals surface area (Å²) in [5, 5.41) is 2.79. The SMILES string of the molecule is COc1ccc(C)cc1N(CC(=O)Nc1ccc(OCc2ccccc2)cc1)S(=O)(=O)c1ccc(C)cc1. The summed E-state index contributed by atoms with van der Waals surface area (Å²) in [6.45, 7) is 3.71. The summed E-state index contributed by atoms with van der Waals surface area (Å²) in [5.74, 6) is 0.501. The van der Waals surface area contributed by atoms with E-state index in [4.69, 9.17) is 9.47 Å². The first kappa shape index (κ1) is 26.8. The van der Waals surface area contributed by atoms with Gasteiger partial charge in [0.1, 0.15) is 24.7 Å². The molecule has 1 N–H and O–H groups in total. The highest BCUT2D eigenvalue weighted by atomic mass is 32.2. The molecule has 0 radical (unpaired) electrons. The molecule has 8 heteroatoms. The summed E-state index contributed by atoms with van der Waals surface area (Å²) in [4.78, 5) is 13.2. The lowest BCUT2D eigenvalue weighted by Crippen LogP contribution is -2.38. The third kappa shape index (κ3) is 6.52. The van der Waals surface area contributed by atoms with Gasteiger partial charge >= 0.3 is 0 Å². The van der Waals surface area contributed by atoms with E-state index in [1.165, 1.54) is 19.2 Å². The molecule has 196 valence electrons. The summed E-state index contributed by atoms with van der Waals surface area (Å²) >= 11 is 0. The lowest BCUT2D eigenvalue weighted by Gasteiger charge is -2.26. The molecule has 0 aliphatic rings. The minimum Gasteiger partial charge on any atom is -0.495 e. The fourth-order valence-electron chi connectivity index (χ4n) is 3.84. The quantitative estimate of drug-likeness (QED) is 0.283. The molecule has 7 nitrogen and oxygen atoms in total. The molecule has 0 fully saturated rings. The minimum atomic E-state index is -4.08. The van der Waals surface area contributed by atoms with Gasteiger partial charge in [-0.15, -0.1) is 0 Å². The van der Waals surface area contributed by atoms with E-state index >= 15 is 0 Å². The van der Waals surface area contributed by atoms with Crippen LogP contribution in [0.3, 0.4) is 0 Å². The predicted molar refractivity (Wildman–Crippen MR) is 149 cm³/mol. The molecular weight excluding hydrogens is 500 g/mol. The Kier molecular flexibility index (Phi) is 8.33. The predicted octanol–water partition coefficient (Wildman–Crippen LogP) is 5.73. The van der Waals surface area contributed by atoms with Crippen molar-refractivity contribution in [3.05, 3.63) is 114 Å². The molecule has 1 amide bonds. The second-order valence-electron chi connectivity index (χ2n) is 8.85. The number of carbonyl (C=O) groups is 1. The first-order valence-electron chi connectivity index (χ1n) is 12.1. The molecule has 4 aromatic rings. The van der Waals surface area contributed by atoms with Crippen molar-refractivity contribution >= 4 is 27.3 Å². The van der Waals surface area contributed by atoms with Crippen LogP contribution in [0.2, 0.25) is 0 Å². The van der Waals surface area contributed by atoms with E-state index in [2.05, 4.69) is 5.32 Å². The minimum absolute atomic E-state index is 0.0828. The average molecular weight is 531 g/mol. The van der Waals surface area contributed by atoms with Crippen LogP contribution in [-0.2, 0) is 21.4 Å². The number of ether oxygens (including phenoxy) is 2. The van der Waals surface area contributed by atoms with Gasteiger partial charge in [0, 0.05) is 5.69 Å². The highest BCUT2D eigenvalue weighted by Gasteiger charge is 2.29. The largest absolute Gasteiger partial charge is 0.495 e. The van der Waals surface area contributed by atoms with Crippen LogP contribution < -0.4 is 19.1 Å². The number of amides is 1. The summed E-state index contributed by atoms with van der Waals surface area (Å²) < 4.78 is 39.8. The van der Waals surface area contributed by atoms with E-state index in [0.717, 1.165) is 21.0 Å². The zero-order chi connectivity index (χ0) is 27.1. The van der Waals surface area contributed by atoms with E-state index in [1.807, 2.05) is 50.2 Å². The van der Waals surface area contributed by atoms with Crippen LogP contribution in [0.4, 0.5) is 11.4 Å². The number of hydrogen-bond donors (Lipinski definition) is 1. The van der Waals surface area contributed by atoms with Crippen molar-refractivity contribution in [3.63, 3.8) is 0 Å². The van der Waals surface area contributed by atoms with Gasteiger partial charge < -0.3 is 14.8 Å². The number of carbonyl (C=O) groups excluding carboxylic acids is 1. The summed E-state index contributed by atoms with van der Waals surface area (Å²) in [5.41, 5.74) is 3.61. The molecule has 0 saturated heterocycles. The Morgan fingerprint density at radius 3 is 2.16 bits per heavy atom. The van der Waals surface area contributed by atoms with Crippen LogP contribution in [-0.4, -0.2) is 28.0 Å². The highest BCUT2D eigenvalue weighted by molar-refractivity contribution is 7.92. The Labute approximate surface area is 223 Å². The maximum absolute atomic E-state index is 13.7. The molecule has 0 aromatic heterocycles. The maximum Gasteiger partial charge on any atom is 0.264 e. The van der Waals surface area contributed by atoms with Crippen molar-refractivity contribution in [2.24, 2.45) is 0 Å². The fraction of sp³-hybridized carbons (Fsp3) is 0.167. The Hall–Kier alpha value is -4.30. The van der Waals surface area contributed by atoms with Gasteiger partial charge in [0.25, 0.3) is 10.0 Å². The van der Waals surface area contributed by atoms with Crippen LogP contribution in [0, 0.1) is 13.8 Å². The van der Waals surface area contributed by atoms with Gasteiger partial charge in [-0.25, -0.2) is 8.42 Å². The third-order valence-electron chi connectivity index (χ3n) is 5.89. The number of sulfonamides is 1. The number of anilines is 2. The van der Waals surface area contributed by atoms with E-state index in [9.17, 15) is 13.2 Å². The lowest BCUT2D eigenvalue weighted by molar-refractivity contribution is -0.114. The molecule has 4 aromatic carbocycles. The second kappa shape index (κ2) is 11.8. The second-order valence-corrected chi connectivity index (χ2v) is 10.7. The van der Waals surface area contributed by atoms with Gasteiger partial charge in [0.15, 0.2) is 0 Å². The van der Waals surface area contributed by atoms with Crippen LogP contribution in [0.15, 0.2) is 102 Å². The van der Waals surface area contributed by atoms with Crippen molar-refractivity contribution < 1.29 is 22.7 Å². The summed E-state index contributed by atoms with van der Waals surface area (Å²) in [6.07, 6.45) is 0. The van der Waals surface area contributed by atoms with Gasteiger partial charge in [-0.1, -0.05) is 54.1 Å². The number of aryl methyl sites for hydroxylation is 2. The summed E-state index contributed by atoms with van der Waals surface area (Å²) in [7, 11) is -2.61. The first-order valence-corrected chi connectivity index (χ1v) is 13.5. The first-order chi connectivity index (χ1) is 18.3. The van der Waals surface area contributed by atoms with E-state index in [1.54, 1.807) is 48.5 Å². The Balaban J connectivity index is 1.54. The molecule has 0 bridgehead atoms. The number of nitrogens with zero attached hydrogens (tertiary/aromatic N) is 1. The monoisotopic (exact) mass is 530 g/mol. The van der Waals surface area contributed by atoms with Crippen molar-refractivity contribution in [2.45, 2.75) is 25.3 Å². The molecule has 38 heavy (non-hydrogen) atoms. The highest BCUT2D eigenvalue weighted by Crippen LogP contribution is 2.33. The van der Waals surface area contributed by atoms with E-state index < -0.39 is 22.5 Å². The third-order valence-corrected chi connectivity index (χ3v) is 7.66. The van der Waals surface area contributed by atoms with Gasteiger partial charge in [-0.2, -0.15) is 0 Å². The van der Waals surface area contributed by atoms with Crippen LogP contribution in [0.25, 0.3) is 0 Å². The average Bonchev–Trinajstić information content (AvgIpc) is 2.92. The number of hydrogen-bond acceptors (Lipinski definition) is 5. The number of nitrogens with one attached hydrogen (secondary N) is 1. The number of rotatable bonds is 10. The Morgan fingerprint density at radius 2 is 1.50 bits per heavy atom. The lowest BCUT2D eigenvalue weighted by atomic mass is 10.2. The van der Waals surface area contributed by atoms with E-state index in [-0.39, 0.29) is 10.6 Å². The van der Waals surface area contributed by atoms with Gasteiger partial charge in [-0.05, 0) is 73.5 Å². The van der Waals surface area contributed by atoms with Gasteiger partial charge in [0.2, 0.25) is 5.91 Å². The number of benzene rings is 4. The molecule has 0 heterocycles. The number of methoxy groups -OCH3 is 1.